The monoisotopic (exact) mass is 299 g/mol. The Bertz CT molecular complexity index is 542. The molecule has 3 N–H and O–H groups in total. The zero-order valence-corrected chi connectivity index (χ0v) is 10.7. The molecule has 0 aliphatic heterocycles. The molecule has 0 radical (unpaired) electrons. The maximum Gasteiger partial charge on any atom is 0.136 e. The number of H-pyrrole nitrogens is 1. The van der Waals surface area contributed by atoms with E-state index in [1.165, 1.54) is 13.3 Å². The zero-order valence-electron chi connectivity index (χ0n) is 9.13. The Morgan fingerprint density at radius 3 is 2.82 bits per heavy atom. The molecule has 0 saturated carbocycles. The minimum Gasteiger partial charge on any atom is -0.384 e. The molecular formula is C11H11BrFN3O. The highest BCUT2D eigenvalue weighted by Crippen LogP contribution is 2.31. The lowest BCUT2D eigenvalue weighted by Gasteiger charge is -2.08. The topological polar surface area (TPSA) is 63.9 Å². The largest absolute Gasteiger partial charge is 0.384 e. The van der Waals surface area contributed by atoms with Gasteiger partial charge in [0, 0.05) is 28.3 Å². The molecule has 0 aliphatic carbocycles. The Morgan fingerprint density at radius 2 is 2.24 bits per heavy atom. The summed E-state index contributed by atoms with van der Waals surface area (Å²) < 4.78 is 19.9. The van der Waals surface area contributed by atoms with Crippen LogP contribution in [0.3, 0.4) is 0 Å². The minimum absolute atomic E-state index is 0.204. The molecule has 0 bridgehead atoms. The maximum absolute atomic E-state index is 14.2. The van der Waals surface area contributed by atoms with Crippen LogP contribution in [0.4, 0.5) is 10.2 Å². The number of nitrogens with zero attached hydrogens (tertiary/aromatic N) is 1. The number of aromatic amines is 1. The van der Waals surface area contributed by atoms with E-state index < -0.39 is 0 Å². The first kappa shape index (κ1) is 12.1. The van der Waals surface area contributed by atoms with Gasteiger partial charge < -0.3 is 10.5 Å². The molecule has 0 atom stereocenters. The number of nitrogens with one attached hydrogen (secondary N) is 1. The molecule has 6 heteroatoms. The minimum atomic E-state index is -0.344. The molecule has 1 heterocycles. The number of hydrogen-bond donors (Lipinski definition) is 2. The second-order valence-electron chi connectivity index (χ2n) is 3.56. The van der Waals surface area contributed by atoms with E-state index in [2.05, 4.69) is 26.1 Å². The van der Waals surface area contributed by atoms with Crippen molar-refractivity contribution in [3.8, 4) is 11.1 Å². The Morgan fingerprint density at radius 1 is 1.47 bits per heavy atom. The Labute approximate surface area is 106 Å². The molecule has 0 spiro atoms. The zero-order chi connectivity index (χ0) is 12.4. The molecule has 2 aromatic rings. The standard InChI is InChI=1S/C11H11BrFN3O/c1-17-5-6-2-7(12)3-8(10(6)13)9-4-15-16-11(9)14/h2-4H,5H2,1H3,(H3,14,15,16). The number of aromatic nitrogens is 2. The third-order valence-electron chi connectivity index (χ3n) is 2.37. The van der Waals surface area contributed by atoms with Crippen LogP contribution in [0.25, 0.3) is 11.1 Å². The van der Waals surface area contributed by atoms with Gasteiger partial charge >= 0.3 is 0 Å². The van der Waals surface area contributed by atoms with Gasteiger partial charge in [-0.1, -0.05) is 15.9 Å². The summed E-state index contributed by atoms with van der Waals surface area (Å²) in [6, 6.07) is 3.34. The average Bonchev–Trinajstić information content (AvgIpc) is 2.70. The molecule has 1 aromatic heterocycles. The fraction of sp³-hybridized carbons (Fsp3) is 0.182. The van der Waals surface area contributed by atoms with Crippen molar-refractivity contribution < 1.29 is 9.13 Å². The summed E-state index contributed by atoms with van der Waals surface area (Å²) >= 11 is 3.33. The van der Waals surface area contributed by atoms with E-state index in [0.29, 0.717) is 22.5 Å². The van der Waals surface area contributed by atoms with Gasteiger partial charge in [-0.3, -0.25) is 5.10 Å². The van der Waals surface area contributed by atoms with Gasteiger partial charge in [-0.2, -0.15) is 5.10 Å². The number of ether oxygens (including phenoxy) is 1. The summed E-state index contributed by atoms with van der Waals surface area (Å²) in [4.78, 5) is 0. The second-order valence-corrected chi connectivity index (χ2v) is 4.47. The van der Waals surface area contributed by atoms with Gasteiger partial charge in [0.25, 0.3) is 0 Å². The number of nitrogens with two attached hydrogens (primary N) is 1. The summed E-state index contributed by atoms with van der Waals surface area (Å²) in [5, 5.41) is 6.36. The number of anilines is 1. The van der Waals surface area contributed by atoms with Gasteiger partial charge in [0.2, 0.25) is 0 Å². The van der Waals surface area contributed by atoms with E-state index in [0.717, 1.165) is 4.47 Å². The number of rotatable bonds is 3. The van der Waals surface area contributed by atoms with E-state index in [1.54, 1.807) is 12.1 Å². The van der Waals surface area contributed by atoms with Crippen molar-refractivity contribution in [1.82, 2.24) is 10.2 Å². The van der Waals surface area contributed by atoms with Gasteiger partial charge in [0.05, 0.1) is 12.8 Å². The number of nitrogen functional groups attached to an aromatic ring is 1. The van der Waals surface area contributed by atoms with E-state index in [1.807, 2.05) is 0 Å². The van der Waals surface area contributed by atoms with Gasteiger partial charge in [0.1, 0.15) is 11.6 Å². The lowest BCUT2D eigenvalue weighted by molar-refractivity contribution is 0.181. The van der Waals surface area contributed by atoms with Crippen LogP contribution >= 0.6 is 15.9 Å². The van der Waals surface area contributed by atoms with Crippen LogP contribution in [0.1, 0.15) is 5.56 Å². The molecule has 0 amide bonds. The lowest BCUT2D eigenvalue weighted by Crippen LogP contribution is -1.97. The van der Waals surface area contributed by atoms with Gasteiger partial charge in [-0.05, 0) is 12.1 Å². The predicted molar refractivity (Wildman–Crippen MR) is 66.8 cm³/mol. The molecule has 2 rings (SSSR count). The van der Waals surface area contributed by atoms with Gasteiger partial charge in [-0.25, -0.2) is 4.39 Å². The fourth-order valence-corrected chi connectivity index (χ4v) is 2.12. The van der Waals surface area contributed by atoms with Crippen molar-refractivity contribution in [2.75, 3.05) is 12.8 Å². The van der Waals surface area contributed by atoms with Crippen LogP contribution in [-0.2, 0) is 11.3 Å². The number of halogens is 2. The molecule has 17 heavy (non-hydrogen) atoms. The van der Waals surface area contributed by atoms with Crippen molar-refractivity contribution >= 4 is 21.7 Å². The fourth-order valence-electron chi connectivity index (χ4n) is 1.61. The third-order valence-corrected chi connectivity index (χ3v) is 2.83. The van der Waals surface area contributed by atoms with E-state index in [4.69, 9.17) is 10.5 Å². The maximum atomic E-state index is 14.2. The normalized spacial score (nSPS) is 10.8. The van der Waals surface area contributed by atoms with Crippen LogP contribution < -0.4 is 5.73 Å². The molecule has 90 valence electrons. The molecule has 0 unspecified atom stereocenters. The van der Waals surface area contributed by atoms with Crippen LogP contribution in [-0.4, -0.2) is 17.3 Å². The van der Waals surface area contributed by atoms with E-state index in [-0.39, 0.29) is 12.4 Å². The van der Waals surface area contributed by atoms with Crippen LogP contribution in [0.15, 0.2) is 22.8 Å². The summed E-state index contributed by atoms with van der Waals surface area (Å²) in [6.45, 7) is 0.204. The number of hydrogen-bond acceptors (Lipinski definition) is 3. The van der Waals surface area contributed by atoms with Crippen molar-refractivity contribution in [2.45, 2.75) is 6.61 Å². The average molecular weight is 300 g/mol. The summed E-state index contributed by atoms with van der Waals surface area (Å²) in [5.41, 5.74) is 7.10. The van der Waals surface area contributed by atoms with Crippen molar-refractivity contribution in [2.24, 2.45) is 0 Å². The van der Waals surface area contributed by atoms with Crippen molar-refractivity contribution in [3.63, 3.8) is 0 Å². The van der Waals surface area contributed by atoms with Gasteiger partial charge in [0.15, 0.2) is 0 Å². The Balaban J connectivity index is 2.58. The van der Waals surface area contributed by atoms with Gasteiger partial charge in [-0.15, -0.1) is 0 Å². The highest BCUT2D eigenvalue weighted by Gasteiger charge is 2.15. The summed E-state index contributed by atoms with van der Waals surface area (Å²) in [7, 11) is 1.52. The lowest BCUT2D eigenvalue weighted by atomic mass is 10.0. The number of benzene rings is 1. The predicted octanol–water partition coefficient (Wildman–Crippen LogP) is 2.71. The Kier molecular flexibility index (Phi) is 3.44. The van der Waals surface area contributed by atoms with Crippen molar-refractivity contribution in [3.05, 3.63) is 34.2 Å². The first-order valence-corrected chi connectivity index (χ1v) is 5.69. The molecular weight excluding hydrogens is 289 g/mol. The molecule has 4 nitrogen and oxygen atoms in total. The third kappa shape index (κ3) is 2.32. The SMILES string of the molecule is COCc1cc(Br)cc(-c2cn[nH]c2N)c1F. The summed E-state index contributed by atoms with van der Waals surface area (Å²) in [5.74, 6) is -0.00600. The highest BCUT2D eigenvalue weighted by molar-refractivity contribution is 9.10. The first-order chi connectivity index (χ1) is 8.13. The molecule has 0 saturated heterocycles. The summed E-state index contributed by atoms with van der Waals surface area (Å²) in [6.07, 6.45) is 1.50. The highest BCUT2D eigenvalue weighted by atomic mass is 79.9. The molecule has 0 fully saturated rings. The molecule has 0 aliphatic rings. The number of methoxy groups -OCH3 is 1. The Hall–Kier alpha value is -1.40. The molecule has 1 aromatic carbocycles. The smallest absolute Gasteiger partial charge is 0.136 e. The van der Waals surface area contributed by atoms with E-state index >= 15 is 0 Å². The van der Waals surface area contributed by atoms with E-state index in [9.17, 15) is 4.39 Å². The van der Waals surface area contributed by atoms with Crippen LogP contribution in [0, 0.1) is 5.82 Å². The van der Waals surface area contributed by atoms with Crippen LogP contribution in [0.5, 0.6) is 0 Å². The van der Waals surface area contributed by atoms with Crippen LogP contribution in [0.2, 0.25) is 0 Å². The second kappa shape index (κ2) is 4.85. The first-order valence-electron chi connectivity index (χ1n) is 4.89. The quantitative estimate of drug-likeness (QED) is 0.916. The van der Waals surface area contributed by atoms with Crippen molar-refractivity contribution in [1.29, 1.82) is 0 Å².